The van der Waals surface area contributed by atoms with Gasteiger partial charge in [-0.05, 0) is 0 Å². The van der Waals surface area contributed by atoms with E-state index in [0.29, 0.717) is 0 Å². The highest BCUT2D eigenvalue weighted by molar-refractivity contribution is 5.81. The van der Waals surface area contributed by atoms with Gasteiger partial charge in [-0.25, -0.2) is 0 Å². The van der Waals surface area contributed by atoms with Crippen molar-refractivity contribution in [3.8, 4) is 0 Å². The molecule has 20 heavy (non-hydrogen) atoms. The van der Waals surface area contributed by atoms with Gasteiger partial charge in [-0.15, -0.1) is 0 Å². The van der Waals surface area contributed by atoms with Gasteiger partial charge in [0.1, 0.15) is 18.3 Å². The summed E-state index contributed by atoms with van der Waals surface area (Å²) in [5.74, 6) is -3.38. The van der Waals surface area contributed by atoms with Gasteiger partial charge < -0.3 is 35.1 Å². The fourth-order valence-corrected chi connectivity index (χ4v) is 1.90. The molecule has 0 amide bonds. The van der Waals surface area contributed by atoms with E-state index in [0.717, 1.165) is 0 Å². The third kappa shape index (κ3) is 1.90. The molecule has 0 radical (unpaired) electrons. The van der Waals surface area contributed by atoms with Gasteiger partial charge in [0.05, 0.1) is 0 Å². The quantitative estimate of drug-likeness (QED) is 0.308. The Bertz CT molecular complexity index is 434. The lowest BCUT2D eigenvalue weighted by molar-refractivity contribution is -0.368. The second kappa shape index (κ2) is 5.09. The normalized spacial score (nSPS) is 46.2. The number of carbonyl (C=O) groups is 4. The average Bonchev–Trinajstić information content (AvgIpc) is 2.47. The zero-order valence-electron chi connectivity index (χ0n) is 9.82. The Morgan fingerprint density at radius 3 is 1.90 bits per heavy atom. The minimum Gasteiger partial charge on any atom is -0.386 e. The maximum Gasteiger partial charge on any atom is 0.263 e. The molecule has 1 heterocycles. The minimum absolute atomic E-state index is 0.206. The van der Waals surface area contributed by atoms with Crippen LogP contribution >= 0.6 is 0 Å². The van der Waals surface area contributed by atoms with Crippen molar-refractivity contribution in [1.82, 2.24) is 0 Å². The lowest BCUT2D eigenvalue weighted by atomic mass is 9.73. The largest absolute Gasteiger partial charge is 0.386 e. The van der Waals surface area contributed by atoms with Crippen LogP contribution in [0.2, 0.25) is 0 Å². The summed E-state index contributed by atoms with van der Waals surface area (Å²) < 4.78 is 4.44. The molecule has 0 spiro atoms. The topological polar surface area (TPSA) is 179 Å². The van der Waals surface area contributed by atoms with Crippen LogP contribution in [0.25, 0.3) is 0 Å². The Balaban J connectivity index is 3.49. The number of rotatable bonds is 5. The van der Waals surface area contributed by atoms with Gasteiger partial charge in [-0.3, -0.25) is 14.4 Å². The molecule has 10 nitrogen and oxygen atoms in total. The summed E-state index contributed by atoms with van der Waals surface area (Å²) >= 11 is 0. The summed E-state index contributed by atoms with van der Waals surface area (Å²) in [5, 5.41) is 48.5. The van der Waals surface area contributed by atoms with E-state index >= 15 is 0 Å². The van der Waals surface area contributed by atoms with Crippen LogP contribution in [0.1, 0.15) is 0 Å². The summed E-state index contributed by atoms with van der Waals surface area (Å²) in [6.45, 7) is 0. The molecular weight excluding hydrogens is 280 g/mol. The van der Waals surface area contributed by atoms with E-state index in [1.54, 1.807) is 0 Å². The first-order chi connectivity index (χ1) is 9.16. The Labute approximate surface area is 111 Å². The Morgan fingerprint density at radius 2 is 1.55 bits per heavy atom. The van der Waals surface area contributed by atoms with E-state index in [1.807, 2.05) is 0 Å². The van der Waals surface area contributed by atoms with Crippen molar-refractivity contribution in [2.24, 2.45) is 0 Å². The van der Waals surface area contributed by atoms with Crippen molar-refractivity contribution in [2.75, 3.05) is 0 Å². The monoisotopic (exact) mass is 292 g/mol. The fourth-order valence-electron chi connectivity index (χ4n) is 1.90. The number of aliphatic hydroxyl groups is 5. The molecule has 5 N–H and O–H groups in total. The van der Waals surface area contributed by atoms with Crippen molar-refractivity contribution in [3.05, 3.63) is 0 Å². The summed E-state index contributed by atoms with van der Waals surface area (Å²) in [6.07, 6.45) is -8.86. The van der Waals surface area contributed by atoms with Crippen LogP contribution in [0, 0.1) is 0 Å². The molecule has 10 heteroatoms. The second-order valence-corrected chi connectivity index (χ2v) is 4.33. The van der Waals surface area contributed by atoms with Gasteiger partial charge >= 0.3 is 0 Å². The molecule has 0 aliphatic carbocycles. The van der Waals surface area contributed by atoms with Crippen molar-refractivity contribution in [2.45, 2.75) is 35.3 Å². The SMILES string of the molecule is O=CC(O)[C@H]1O[C@](O)(C=O)[C@@](O)(C=O)[C@@H](O)[C@@]1(O)C=O. The molecule has 0 saturated carbocycles. The Hall–Kier alpha value is -1.56. The molecule has 0 aromatic heterocycles. The maximum atomic E-state index is 10.9. The van der Waals surface area contributed by atoms with E-state index in [2.05, 4.69) is 4.74 Å². The van der Waals surface area contributed by atoms with E-state index in [-0.39, 0.29) is 6.29 Å². The highest BCUT2D eigenvalue weighted by Gasteiger charge is 2.71. The van der Waals surface area contributed by atoms with Crippen LogP contribution in [-0.4, -0.2) is 86.0 Å². The summed E-state index contributed by atoms with van der Waals surface area (Å²) in [4.78, 5) is 43.1. The zero-order valence-corrected chi connectivity index (χ0v) is 9.82. The minimum atomic E-state index is -3.39. The number of hydrogen-bond donors (Lipinski definition) is 5. The van der Waals surface area contributed by atoms with Crippen LogP contribution in [0.15, 0.2) is 0 Å². The van der Waals surface area contributed by atoms with Crippen LogP contribution in [-0.2, 0) is 23.9 Å². The van der Waals surface area contributed by atoms with E-state index < -0.39 is 54.2 Å². The molecule has 1 fully saturated rings. The molecule has 1 aliphatic rings. The molecule has 1 aliphatic heterocycles. The molecular formula is C10H12O10. The van der Waals surface area contributed by atoms with Crippen LogP contribution in [0.3, 0.4) is 0 Å². The van der Waals surface area contributed by atoms with E-state index in [1.165, 1.54) is 0 Å². The van der Waals surface area contributed by atoms with Crippen LogP contribution in [0.4, 0.5) is 0 Å². The molecule has 0 aromatic carbocycles. The van der Waals surface area contributed by atoms with Gasteiger partial charge in [0.15, 0.2) is 30.7 Å². The highest BCUT2D eigenvalue weighted by Crippen LogP contribution is 2.40. The Kier molecular flexibility index (Phi) is 4.20. The van der Waals surface area contributed by atoms with Gasteiger partial charge in [-0.1, -0.05) is 0 Å². The number of carbonyl (C=O) groups excluding carboxylic acids is 4. The number of ether oxygens (including phenoxy) is 1. The summed E-state index contributed by atoms with van der Waals surface area (Å²) in [5.41, 5.74) is -6.51. The van der Waals surface area contributed by atoms with Crippen molar-refractivity contribution in [3.63, 3.8) is 0 Å². The van der Waals surface area contributed by atoms with Gasteiger partial charge in [0, 0.05) is 0 Å². The van der Waals surface area contributed by atoms with Crippen molar-refractivity contribution < 1.29 is 49.4 Å². The Morgan fingerprint density at radius 1 is 1.00 bits per heavy atom. The molecule has 1 unspecified atom stereocenters. The fraction of sp³-hybridized carbons (Fsp3) is 0.600. The molecule has 0 aromatic rings. The summed E-state index contributed by atoms with van der Waals surface area (Å²) in [6, 6.07) is 0. The lowest BCUT2D eigenvalue weighted by Crippen LogP contribution is -2.80. The number of hydrogen-bond acceptors (Lipinski definition) is 10. The second-order valence-electron chi connectivity index (χ2n) is 4.33. The number of aldehydes is 4. The molecule has 1 saturated heterocycles. The van der Waals surface area contributed by atoms with E-state index in [4.69, 9.17) is 0 Å². The number of aliphatic hydroxyl groups excluding tert-OH is 2. The third-order valence-electron chi connectivity index (χ3n) is 3.17. The predicted molar refractivity (Wildman–Crippen MR) is 56.0 cm³/mol. The maximum absolute atomic E-state index is 10.9. The van der Waals surface area contributed by atoms with Gasteiger partial charge in [-0.2, -0.15) is 0 Å². The molecule has 1 rings (SSSR count). The standard InChI is InChI=1S/C10H12O10/c11-1-5(15)6-8(17,2-12)7(16)9(18,3-13)10(19,4-14)20-6/h1-7,15-19H/t5?,6-,7+,8-,9-,10-/m1/s1. The van der Waals surface area contributed by atoms with Crippen LogP contribution in [0.5, 0.6) is 0 Å². The van der Waals surface area contributed by atoms with Crippen LogP contribution < -0.4 is 0 Å². The molecule has 6 atom stereocenters. The third-order valence-corrected chi connectivity index (χ3v) is 3.17. The van der Waals surface area contributed by atoms with Crippen molar-refractivity contribution in [1.29, 1.82) is 0 Å². The first-order valence-electron chi connectivity index (χ1n) is 5.22. The zero-order chi connectivity index (χ0) is 15.8. The van der Waals surface area contributed by atoms with Gasteiger partial charge in [0.2, 0.25) is 5.60 Å². The molecule has 0 bridgehead atoms. The summed E-state index contributed by atoms with van der Waals surface area (Å²) in [7, 11) is 0. The highest BCUT2D eigenvalue weighted by atomic mass is 16.7. The first kappa shape index (κ1) is 16.5. The predicted octanol–water partition coefficient (Wildman–Crippen LogP) is -4.95. The van der Waals surface area contributed by atoms with Gasteiger partial charge in [0.25, 0.3) is 5.79 Å². The lowest BCUT2D eigenvalue weighted by Gasteiger charge is -2.52. The van der Waals surface area contributed by atoms with E-state index in [9.17, 15) is 44.7 Å². The smallest absolute Gasteiger partial charge is 0.263 e. The average molecular weight is 292 g/mol. The molecule has 112 valence electrons. The first-order valence-corrected chi connectivity index (χ1v) is 5.22. The van der Waals surface area contributed by atoms with Crippen molar-refractivity contribution >= 4 is 25.1 Å².